The van der Waals surface area contributed by atoms with E-state index < -0.39 is 0 Å². The van der Waals surface area contributed by atoms with Crippen molar-refractivity contribution in [1.29, 1.82) is 0 Å². The third kappa shape index (κ3) is 0.961. The molecule has 5 aliphatic carbocycles. The van der Waals surface area contributed by atoms with Gasteiger partial charge in [0.15, 0.2) is 0 Å². The Labute approximate surface area is 118 Å². The van der Waals surface area contributed by atoms with Crippen LogP contribution in [-0.2, 0) is 19.1 Å². The van der Waals surface area contributed by atoms with Crippen molar-refractivity contribution in [3.05, 3.63) is 0 Å². The van der Waals surface area contributed by atoms with Crippen molar-refractivity contribution in [2.45, 2.75) is 12.8 Å². The van der Waals surface area contributed by atoms with E-state index in [1.54, 1.807) is 0 Å². The maximum atomic E-state index is 12.2. The largest absolute Gasteiger partial charge is 0.469 e. The van der Waals surface area contributed by atoms with Gasteiger partial charge in [-0.05, 0) is 60.2 Å². The summed E-state index contributed by atoms with van der Waals surface area (Å²) in [5, 5.41) is 0. The fraction of sp³-hybridized carbons (Fsp3) is 0.875. The predicted octanol–water partition coefficient (Wildman–Crippen LogP) is 1.34. The van der Waals surface area contributed by atoms with Crippen LogP contribution in [0.4, 0.5) is 0 Å². The quantitative estimate of drug-likeness (QED) is 0.714. The number of methoxy groups -OCH3 is 2. The molecule has 108 valence electrons. The van der Waals surface area contributed by atoms with E-state index in [-0.39, 0.29) is 23.8 Å². The summed E-state index contributed by atoms with van der Waals surface area (Å²) in [7, 11) is 3.03. The van der Waals surface area contributed by atoms with Crippen molar-refractivity contribution >= 4 is 11.9 Å². The molecule has 0 heterocycles. The zero-order chi connectivity index (χ0) is 13.8. The highest BCUT2D eigenvalue weighted by Crippen LogP contribution is 2.82. The molecule has 0 bridgehead atoms. The van der Waals surface area contributed by atoms with Gasteiger partial charge < -0.3 is 9.47 Å². The smallest absolute Gasteiger partial charge is 0.309 e. The van der Waals surface area contributed by atoms with Gasteiger partial charge >= 0.3 is 11.9 Å². The molecule has 5 saturated carbocycles. The van der Waals surface area contributed by atoms with Crippen LogP contribution in [0.1, 0.15) is 12.8 Å². The molecule has 4 nitrogen and oxygen atoms in total. The predicted molar refractivity (Wildman–Crippen MR) is 68.2 cm³/mol. The Morgan fingerprint density at radius 2 is 1.00 bits per heavy atom. The summed E-state index contributed by atoms with van der Waals surface area (Å²) in [5.41, 5.74) is 0. The molecule has 5 aliphatic rings. The summed E-state index contributed by atoms with van der Waals surface area (Å²) in [6, 6.07) is 0. The molecule has 0 N–H and O–H groups in total. The van der Waals surface area contributed by atoms with E-state index in [4.69, 9.17) is 9.47 Å². The van der Waals surface area contributed by atoms with Crippen LogP contribution in [0.2, 0.25) is 0 Å². The molecule has 0 saturated heterocycles. The third-order valence-corrected chi connectivity index (χ3v) is 7.64. The van der Waals surface area contributed by atoms with Gasteiger partial charge in [-0.15, -0.1) is 0 Å². The van der Waals surface area contributed by atoms with Gasteiger partial charge in [0, 0.05) is 0 Å². The van der Waals surface area contributed by atoms with E-state index in [0.717, 1.165) is 12.8 Å². The maximum Gasteiger partial charge on any atom is 0.309 e. The first-order valence-corrected chi connectivity index (χ1v) is 7.84. The fourth-order valence-corrected chi connectivity index (χ4v) is 7.57. The molecule has 0 radical (unpaired) electrons. The molecule has 20 heavy (non-hydrogen) atoms. The second-order valence-electron chi connectivity index (χ2n) is 7.53. The van der Waals surface area contributed by atoms with Crippen LogP contribution in [0, 0.1) is 59.2 Å². The van der Waals surface area contributed by atoms with Gasteiger partial charge in [0.25, 0.3) is 0 Å². The zero-order valence-corrected chi connectivity index (χ0v) is 11.8. The molecule has 10 atom stereocenters. The molecule has 5 rings (SSSR count). The van der Waals surface area contributed by atoms with E-state index in [0.29, 0.717) is 47.3 Å². The van der Waals surface area contributed by atoms with Crippen molar-refractivity contribution in [2.75, 3.05) is 14.2 Å². The van der Waals surface area contributed by atoms with Crippen LogP contribution in [0.5, 0.6) is 0 Å². The Balaban J connectivity index is 1.56. The minimum absolute atomic E-state index is 0.00437. The van der Waals surface area contributed by atoms with Gasteiger partial charge in [0.2, 0.25) is 0 Å². The van der Waals surface area contributed by atoms with E-state index in [1.807, 2.05) is 0 Å². The van der Waals surface area contributed by atoms with Gasteiger partial charge in [-0.2, -0.15) is 0 Å². The van der Waals surface area contributed by atoms with Crippen molar-refractivity contribution in [1.82, 2.24) is 0 Å². The molecule has 6 unspecified atom stereocenters. The van der Waals surface area contributed by atoms with Crippen molar-refractivity contribution < 1.29 is 19.1 Å². The van der Waals surface area contributed by atoms with E-state index in [9.17, 15) is 9.59 Å². The SMILES string of the molecule is COC(=O)C1[C@@H]2C[C@H]3C4C2C2C4[C@H](C[C@@H]21)C3C(=O)OC. The lowest BCUT2D eigenvalue weighted by molar-refractivity contribution is -0.150. The van der Waals surface area contributed by atoms with Crippen LogP contribution >= 0.6 is 0 Å². The van der Waals surface area contributed by atoms with Crippen molar-refractivity contribution in [3.8, 4) is 0 Å². The first kappa shape index (κ1) is 11.6. The van der Waals surface area contributed by atoms with Crippen LogP contribution in [0.15, 0.2) is 0 Å². The standard InChI is InChI=1S/C16H20O4/c1-19-15(17)9-5-3-7-10(16(18)20-2)8-4-6(9)12-11(5)13(7)14(8)12/h5-14H,3-4H2,1-2H3/t5-,6-,7-,8+,9?,10?,11?,12?,13?,14?/m1/s1. The Morgan fingerprint density at radius 1 is 0.700 bits per heavy atom. The number of rotatable bonds is 2. The van der Waals surface area contributed by atoms with Crippen LogP contribution in [0.3, 0.4) is 0 Å². The number of esters is 2. The molecule has 0 amide bonds. The summed E-state index contributed by atoms with van der Waals surface area (Å²) < 4.78 is 10.1. The van der Waals surface area contributed by atoms with Crippen LogP contribution in [-0.4, -0.2) is 26.2 Å². The lowest BCUT2D eigenvalue weighted by atomic mass is 9.60. The summed E-state index contributed by atoms with van der Waals surface area (Å²) in [6.07, 6.45) is 2.10. The highest BCUT2D eigenvalue weighted by Gasteiger charge is 2.80. The van der Waals surface area contributed by atoms with Gasteiger partial charge in [0.1, 0.15) is 0 Å². The van der Waals surface area contributed by atoms with Gasteiger partial charge in [-0.25, -0.2) is 0 Å². The second kappa shape index (κ2) is 3.40. The first-order chi connectivity index (χ1) is 9.69. The van der Waals surface area contributed by atoms with Gasteiger partial charge in [-0.3, -0.25) is 9.59 Å². The number of carbonyl (C=O) groups excluding carboxylic acids is 2. The van der Waals surface area contributed by atoms with Crippen LogP contribution in [0.25, 0.3) is 0 Å². The normalized spacial score (nSPS) is 59.5. The average molecular weight is 276 g/mol. The number of ether oxygens (including phenoxy) is 2. The minimum atomic E-state index is 0.00437. The van der Waals surface area contributed by atoms with E-state index in [1.165, 1.54) is 14.2 Å². The summed E-state index contributed by atoms with van der Waals surface area (Å²) in [4.78, 5) is 24.4. The Kier molecular flexibility index (Phi) is 1.97. The van der Waals surface area contributed by atoms with E-state index >= 15 is 0 Å². The Morgan fingerprint density at radius 3 is 1.25 bits per heavy atom. The molecular weight excluding hydrogens is 256 g/mol. The van der Waals surface area contributed by atoms with Gasteiger partial charge in [-0.1, -0.05) is 0 Å². The molecular formula is C16H20O4. The highest BCUT2D eigenvalue weighted by molar-refractivity contribution is 5.77. The average Bonchev–Trinajstić information content (AvgIpc) is 3.00. The lowest BCUT2D eigenvalue weighted by Gasteiger charge is -2.44. The fourth-order valence-electron chi connectivity index (χ4n) is 7.57. The number of hydrogen-bond acceptors (Lipinski definition) is 4. The number of hydrogen-bond donors (Lipinski definition) is 0. The summed E-state index contributed by atoms with van der Waals surface area (Å²) in [5.74, 6) is 5.01. The Bertz CT molecular complexity index is 433. The molecule has 0 aromatic heterocycles. The second-order valence-corrected chi connectivity index (χ2v) is 7.53. The highest BCUT2D eigenvalue weighted by atomic mass is 16.5. The molecule has 0 aromatic rings. The zero-order valence-electron chi connectivity index (χ0n) is 11.8. The maximum absolute atomic E-state index is 12.2. The first-order valence-electron chi connectivity index (χ1n) is 7.84. The minimum Gasteiger partial charge on any atom is -0.469 e. The summed E-state index contributed by atoms with van der Waals surface area (Å²) >= 11 is 0. The molecule has 0 aromatic carbocycles. The van der Waals surface area contributed by atoms with Crippen molar-refractivity contribution in [3.63, 3.8) is 0 Å². The molecule has 5 fully saturated rings. The van der Waals surface area contributed by atoms with Gasteiger partial charge in [0.05, 0.1) is 26.1 Å². The molecule has 4 heteroatoms. The van der Waals surface area contributed by atoms with Crippen LogP contribution < -0.4 is 0 Å². The Hall–Kier alpha value is -1.06. The van der Waals surface area contributed by atoms with Crippen molar-refractivity contribution in [2.24, 2.45) is 59.2 Å². The van der Waals surface area contributed by atoms with E-state index in [2.05, 4.69) is 0 Å². The monoisotopic (exact) mass is 276 g/mol. The topological polar surface area (TPSA) is 52.6 Å². The number of carbonyl (C=O) groups is 2. The lowest BCUT2D eigenvalue weighted by Crippen LogP contribution is -2.41. The molecule has 0 spiro atoms. The third-order valence-electron chi connectivity index (χ3n) is 7.64. The molecule has 0 aliphatic heterocycles. The summed E-state index contributed by atoms with van der Waals surface area (Å²) in [6.45, 7) is 0.